The van der Waals surface area contributed by atoms with Gasteiger partial charge in [0.05, 0.1) is 23.6 Å². The van der Waals surface area contributed by atoms with Gasteiger partial charge in [-0.1, -0.05) is 0 Å². The molecule has 2 heterocycles. The fourth-order valence-corrected chi connectivity index (χ4v) is 3.69. The van der Waals surface area contributed by atoms with Crippen molar-refractivity contribution in [3.63, 3.8) is 0 Å². The lowest BCUT2D eigenvalue weighted by molar-refractivity contribution is -0.00771. The lowest BCUT2D eigenvalue weighted by atomic mass is 10.1. The van der Waals surface area contributed by atoms with Gasteiger partial charge in [0.25, 0.3) is 0 Å². The van der Waals surface area contributed by atoms with Crippen LogP contribution in [0.2, 0.25) is 0 Å². The van der Waals surface area contributed by atoms with E-state index in [4.69, 9.17) is 4.74 Å². The first-order chi connectivity index (χ1) is 8.34. The molecule has 1 fully saturated rings. The molecule has 1 aromatic rings. The van der Waals surface area contributed by atoms with Gasteiger partial charge in [-0.25, -0.2) is 8.42 Å². The molecule has 100 valence electrons. The Labute approximate surface area is 106 Å². The number of H-pyrrole nitrogens is 1. The van der Waals surface area contributed by atoms with Crippen LogP contribution in [0, 0.1) is 0 Å². The number of sulfonamides is 1. The maximum atomic E-state index is 12.5. The molecule has 2 rings (SSSR count). The third kappa shape index (κ3) is 2.33. The van der Waals surface area contributed by atoms with Crippen LogP contribution in [-0.4, -0.2) is 43.0 Å². The minimum atomic E-state index is -3.60. The van der Waals surface area contributed by atoms with Crippen LogP contribution < -0.4 is 5.56 Å². The normalized spacial score (nSPS) is 20.8. The molecular formula is C11H16N2O4S. The van der Waals surface area contributed by atoms with E-state index >= 15 is 0 Å². The SMILES string of the molecule is CC1(C)COCCN1S(=O)(=O)c1ccc(=O)[nH]c1. The van der Waals surface area contributed by atoms with Gasteiger partial charge >= 0.3 is 0 Å². The van der Waals surface area contributed by atoms with Gasteiger partial charge in [-0.3, -0.25) is 4.79 Å². The molecule has 0 aromatic carbocycles. The number of aromatic amines is 1. The average molecular weight is 272 g/mol. The summed E-state index contributed by atoms with van der Waals surface area (Å²) < 4.78 is 31.6. The number of hydrogen-bond donors (Lipinski definition) is 1. The first-order valence-electron chi connectivity index (χ1n) is 5.63. The fraction of sp³-hybridized carbons (Fsp3) is 0.545. The Morgan fingerprint density at radius 1 is 1.39 bits per heavy atom. The molecule has 1 aliphatic heterocycles. The highest BCUT2D eigenvalue weighted by molar-refractivity contribution is 7.89. The quantitative estimate of drug-likeness (QED) is 0.832. The van der Waals surface area contributed by atoms with Gasteiger partial charge < -0.3 is 9.72 Å². The zero-order valence-electron chi connectivity index (χ0n) is 10.3. The molecule has 18 heavy (non-hydrogen) atoms. The fourth-order valence-electron chi connectivity index (χ4n) is 1.97. The highest BCUT2D eigenvalue weighted by Gasteiger charge is 2.39. The highest BCUT2D eigenvalue weighted by atomic mass is 32.2. The molecule has 1 saturated heterocycles. The second-order valence-electron chi connectivity index (χ2n) is 4.83. The summed E-state index contributed by atoms with van der Waals surface area (Å²) in [4.78, 5) is 13.4. The number of rotatable bonds is 2. The summed E-state index contributed by atoms with van der Waals surface area (Å²) in [7, 11) is -3.60. The van der Waals surface area contributed by atoms with Gasteiger partial charge in [-0.05, 0) is 19.9 Å². The van der Waals surface area contributed by atoms with Crippen LogP contribution >= 0.6 is 0 Å². The standard InChI is InChI=1S/C11H16N2O4S/c1-11(2)8-17-6-5-13(11)18(15,16)9-3-4-10(14)12-7-9/h3-4,7H,5-6,8H2,1-2H3,(H,12,14). The van der Waals surface area contributed by atoms with Crippen LogP contribution in [0.5, 0.6) is 0 Å². The molecule has 0 unspecified atom stereocenters. The van der Waals surface area contributed by atoms with Crippen LogP contribution in [0.4, 0.5) is 0 Å². The predicted molar refractivity (Wildman–Crippen MR) is 65.9 cm³/mol. The van der Waals surface area contributed by atoms with Crippen LogP contribution in [0.1, 0.15) is 13.8 Å². The molecule has 0 bridgehead atoms. The summed E-state index contributed by atoms with van der Waals surface area (Å²) in [5.41, 5.74) is -0.914. The number of nitrogens with zero attached hydrogens (tertiary/aromatic N) is 1. The van der Waals surface area contributed by atoms with Gasteiger partial charge in [0.2, 0.25) is 15.6 Å². The maximum Gasteiger partial charge on any atom is 0.247 e. The molecular weight excluding hydrogens is 256 g/mol. The Balaban J connectivity index is 2.41. The number of morpholine rings is 1. The molecule has 0 spiro atoms. The number of hydrogen-bond acceptors (Lipinski definition) is 4. The van der Waals surface area contributed by atoms with Crippen molar-refractivity contribution in [2.75, 3.05) is 19.8 Å². The predicted octanol–water partition coefficient (Wildman–Crippen LogP) is 0.174. The number of pyridine rings is 1. The molecule has 1 N–H and O–H groups in total. The Hall–Kier alpha value is -1.18. The van der Waals surface area contributed by atoms with Crippen LogP contribution in [0.25, 0.3) is 0 Å². The average Bonchev–Trinajstić information content (AvgIpc) is 2.28. The summed E-state index contributed by atoms with van der Waals surface area (Å²) in [5.74, 6) is 0. The number of aromatic nitrogens is 1. The molecule has 7 heteroatoms. The van der Waals surface area contributed by atoms with Crippen LogP contribution in [-0.2, 0) is 14.8 Å². The Kier molecular flexibility index (Phi) is 3.31. The van der Waals surface area contributed by atoms with Crippen molar-refractivity contribution < 1.29 is 13.2 Å². The van der Waals surface area contributed by atoms with Gasteiger partial charge in [0, 0.05) is 18.8 Å². The van der Waals surface area contributed by atoms with Crippen molar-refractivity contribution in [2.45, 2.75) is 24.3 Å². The second kappa shape index (κ2) is 4.49. The molecule has 0 atom stereocenters. The van der Waals surface area contributed by atoms with E-state index in [2.05, 4.69) is 4.98 Å². The Bertz CT molecular complexity index is 571. The molecule has 0 radical (unpaired) electrons. The first kappa shape index (κ1) is 13.3. The molecule has 1 aromatic heterocycles. The Morgan fingerprint density at radius 2 is 2.11 bits per heavy atom. The van der Waals surface area contributed by atoms with Gasteiger partial charge in [-0.2, -0.15) is 4.31 Å². The summed E-state index contributed by atoms with van der Waals surface area (Å²) in [6.07, 6.45) is 1.23. The third-order valence-corrected chi connectivity index (χ3v) is 5.02. The zero-order valence-corrected chi connectivity index (χ0v) is 11.2. The van der Waals surface area contributed by atoms with E-state index in [1.54, 1.807) is 0 Å². The van der Waals surface area contributed by atoms with E-state index in [0.29, 0.717) is 19.8 Å². The smallest absolute Gasteiger partial charge is 0.247 e. The first-order valence-corrected chi connectivity index (χ1v) is 7.07. The number of ether oxygens (including phenoxy) is 1. The topological polar surface area (TPSA) is 79.5 Å². The summed E-state index contributed by atoms with van der Waals surface area (Å²) in [5, 5.41) is 0. The van der Waals surface area contributed by atoms with Gasteiger partial charge in [-0.15, -0.1) is 0 Å². The molecule has 0 saturated carbocycles. The van der Waals surface area contributed by atoms with Gasteiger partial charge in [0.1, 0.15) is 0 Å². The van der Waals surface area contributed by atoms with Crippen molar-refractivity contribution in [3.8, 4) is 0 Å². The van der Waals surface area contributed by atoms with Crippen molar-refractivity contribution in [2.24, 2.45) is 0 Å². The third-order valence-electron chi connectivity index (χ3n) is 2.91. The van der Waals surface area contributed by atoms with E-state index < -0.39 is 15.6 Å². The zero-order chi connectivity index (χ0) is 13.4. The maximum absolute atomic E-state index is 12.5. The highest BCUT2D eigenvalue weighted by Crippen LogP contribution is 2.26. The Morgan fingerprint density at radius 3 is 2.67 bits per heavy atom. The summed E-state index contributed by atoms with van der Waals surface area (Å²) in [6.45, 7) is 4.68. The second-order valence-corrected chi connectivity index (χ2v) is 6.69. The minimum Gasteiger partial charge on any atom is -0.378 e. The monoisotopic (exact) mass is 272 g/mol. The lowest BCUT2D eigenvalue weighted by Crippen LogP contribution is -2.55. The van der Waals surface area contributed by atoms with E-state index in [-0.39, 0.29) is 10.5 Å². The van der Waals surface area contributed by atoms with E-state index in [9.17, 15) is 13.2 Å². The number of nitrogens with one attached hydrogen (secondary N) is 1. The minimum absolute atomic E-state index is 0.0945. The molecule has 0 aliphatic carbocycles. The van der Waals surface area contributed by atoms with E-state index in [0.717, 1.165) is 0 Å². The van der Waals surface area contributed by atoms with Gasteiger partial charge in [0.15, 0.2) is 0 Å². The van der Waals surface area contributed by atoms with Crippen molar-refractivity contribution in [1.82, 2.24) is 9.29 Å². The largest absolute Gasteiger partial charge is 0.378 e. The van der Waals surface area contributed by atoms with Crippen molar-refractivity contribution in [3.05, 3.63) is 28.7 Å². The van der Waals surface area contributed by atoms with E-state index in [1.165, 1.54) is 22.6 Å². The molecule has 6 nitrogen and oxygen atoms in total. The summed E-state index contributed by atoms with van der Waals surface area (Å²) >= 11 is 0. The summed E-state index contributed by atoms with van der Waals surface area (Å²) in [6, 6.07) is 2.53. The molecule has 1 aliphatic rings. The van der Waals surface area contributed by atoms with Crippen LogP contribution in [0.15, 0.2) is 28.0 Å². The van der Waals surface area contributed by atoms with Crippen LogP contribution in [0.3, 0.4) is 0 Å². The van der Waals surface area contributed by atoms with Crippen molar-refractivity contribution >= 4 is 10.0 Å². The molecule has 0 amide bonds. The van der Waals surface area contributed by atoms with Crippen molar-refractivity contribution in [1.29, 1.82) is 0 Å². The van der Waals surface area contributed by atoms with E-state index in [1.807, 2.05) is 13.8 Å². The lowest BCUT2D eigenvalue weighted by Gasteiger charge is -2.40.